The van der Waals surface area contributed by atoms with E-state index in [1.807, 2.05) is 44.2 Å². The number of carbonyl (C=O) groups is 1. The third-order valence-electron chi connectivity index (χ3n) is 5.62. The molecule has 168 valence electrons. The molecule has 1 N–H and O–H groups in total. The molecular formula is C25H19N5O3S. The molecule has 0 fully saturated rings. The van der Waals surface area contributed by atoms with E-state index in [4.69, 9.17) is 0 Å². The molecule has 0 unspecified atom stereocenters. The Morgan fingerprint density at radius 2 is 1.97 bits per heavy atom. The van der Waals surface area contributed by atoms with E-state index in [1.54, 1.807) is 24.5 Å². The summed E-state index contributed by atoms with van der Waals surface area (Å²) in [6.07, 6.45) is 3.40. The molecule has 0 aliphatic carbocycles. The number of aryl methyl sites for hydroxylation is 1. The van der Waals surface area contributed by atoms with Gasteiger partial charge in [0.05, 0.1) is 21.5 Å². The molecule has 34 heavy (non-hydrogen) atoms. The second-order valence-corrected chi connectivity index (χ2v) is 8.92. The van der Waals surface area contributed by atoms with Gasteiger partial charge in [0.15, 0.2) is 0 Å². The molecule has 0 atom stereocenters. The molecule has 1 amide bonds. The topological polar surface area (TPSA) is 102 Å². The fourth-order valence-corrected chi connectivity index (χ4v) is 4.92. The molecule has 2 aromatic carbocycles. The van der Waals surface area contributed by atoms with Crippen molar-refractivity contribution >= 4 is 50.1 Å². The van der Waals surface area contributed by atoms with E-state index in [-0.39, 0.29) is 11.6 Å². The lowest BCUT2D eigenvalue weighted by atomic mass is 10.2. The molecule has 9 heteroatoms. The number of pyridine rings is 1. The summed E-state index contributed by atoms with van der Waals surface area (Å²) < 4.78 is 2.93. The minimum Gasteiger partial charge on any atom is -0.318 e. The zero-order valence-corrected chi connectivity index (χ0v) is 19.2. The highest BCUT2D eigenvalue weighted by molar-refractivity contribution is 7.20. The summed E-state index contributed by atoms with van der Waals surface area (Å²) in [6, 6.07) is 18.3. The third kappa shape index (κ3) is 3.93. The summed E-state index contributed by atoms with van der Waals surface area (Å²) in [7, 11) is 0. The first-order valence-electron chi connectivity index (χ1n) is 10.5. The number of thiophene rings is 1. The van der Waals surface area contributed by atoms with Gasteiger partial charge in [-0.1, -0.05) is 6.07 Å². The maximum atomic E-state index is 12.6. The van der Waals surface area contributed by atoms with Gasteiger partial charge in [0.1, 0.15) is 0 Å². The quantitative estimate of drug-likeness (QED) is 0.208. The van der Waals surface area contributed by atoms with E-state index in [9.17, 15) is 14.9 Å². The number of nitro groups is 1. The van der Waals surface area contributed by atoms with Crippen molar-refractivity contribution in [2.45, 2.75) is 13.8 Å². The number of carbonyl (C=O) groups excluding carboxylic acids is 1. The van der Waals surface area contributed by atoms with E-state index < -0.39 is 4.92 Å². The van der Waals surface area contributed by atoms with Crippen LogP contribution in [0.2, 0.25) is 0 Å². The molecule has 0 spiro atoms. The van der Waals surface area contributed by atoms with Crippen LogP contribution in [0.3, 0.4) is 0 Å². The Kier molecular flexibility index (Phi) is 5.39. The monoisotopic (exact) mass is 469 g/mol. The van der Waals surface area contributed by atoms with E-state index in [0.717, 1.165) is 38.2 Å². The van der Waals surface area contributed by atoms with Crippen molar-refractivity contribution in [2.24, 2.45) is 5.10 Å². The normalized spacial score (nSPS) is 11.5. The second kappa shape index (κ2) is 8.53. The lowest BCUT2D eigenvalue weighted by Crippen LogP contribution is -2.16. The van der Waals surface area contributed by atoms with Crippen LogP contribution < -0.4 is 5.43 Å². The van der Waals surface area contributed by atoms with Crippen LogP contribution in [0.25, 0.3) is 26.7 Å². The molecule has 0 radical (unpaired) electrons. The molecule has 0 saturated heterocycles. The van der Waals surface area contributed by atoms with E-state index >= 15 is 0 Å². The first kappa shape index (κ1) is 21.5. The highest BCUT2D eigenvalue weighted by Gasteiger charge is 2.14. The zero-order chi connectivity index (χ0) is 23.8. The molecule has 0 aliphatic rings. The predicted octanol–water partition coefficient (Wildman–Crippen LogP) is 5.53. The molecule has 8 nitrogen and oxygen atoms in total. The van der Waals surface area contributed by atoms with E-state index in [1.165, 1.54) is 23.5 Å². The maximum Gasteiger partial charge on any atom is 0.281 e. The van der Waals surface area contributed by atoms with Crippen molar-refractivity contribution in [3.05, 3.63) is 98.8 Å². The number of fused-ring (bicyclic) bond motifs is 2. The first-order valence-corrected chi connectivity index (χ1v) is 11.3. The Labute approximate surface area is 198 Å². The highest BCUT2D eigenvalue weighted by Crippen LogP contribution is 2.29. The van der Waals surface area contributed by atoms with Gasteiger partial charge in [-0.2, -0.15) is 5.10 Å². The number of hydrazone groups is 1. The number of nitrogens with one attached hydrogen (secondary N) is 1. The van der Waals surface area contributed by atoms with Gasteiger partial charge in [0.25, 0.3) is 11.6 Å². The molecule has 5 aromatic rings. The molecule has 5 rings (SSSR count). The van der Waals surface area contributed by atoms with Gasteiger partial charge >= 0.3 is 0 Å². The summed E-state index contributed by atoms with van der Waals surface area (Å²) in [5.41, 5.74) is 7.43. The predicted molar refractivity (Wildman–Crippen MR) is 134 cm³/mol. The standard InChI is InChI=1S/C25H19N5O3S/c1-15-10-19(16(2)29(15)20-5-7-22-17(11-20)4-3-9-26-22)14-27-28-25(31)24-13-18-12-21(30(32)33)6-8-23(18)34-24/h3-14H,1-2H3,(H,28,31). The largest absolute Gasteiger partial charge is 0.318 e. The lowest BCUT2D eigenvalue weighted by molar-refractivity contribution is -0.384. The lowest BCUT2D eigenvalue weighted by Gasteiger charge is -2.10. The highest BCUT2D eigenvalue weighted by atomic mass is 32.1. The van der Waals surface area contributed by atoms with Gasteiger partial charge in [-0.3, -0.25) is 19.9 Å². The van der Waals surface area contributed by atoms with Gasteiger partial charge in [-0.05, 0) is 56.3 Å². The number of benzene rings is 2. The number of nitrogens with zero attached hydrogens (tertiary/aromatic N) is 4. The summed E-state index contributed by atoms with van der Waals surface area (Å²) in [4.78, 5) is 27.9. The van der Waals surface area contributed by atoms with Gasteiger partial charge in [0, 0.05) is 56.4 Å². The van der Waals surface area contributed by atoms with E-state index in [2.05, 4.69) is 26.1 Å². The van der Waals surface area contributed by atoms with E-state index in [0.29, 0.717) is 10.3 Å². The summed E-state index contributed by atoms with van der Waals surface area (Å²) in [5.74, 6) is -0.365. The van der Waals surface area contributed by atoms with Crippen molar-refractivity contribution in [3.63, 3.8) is 0 Å². The van der Waals surface area contributed by atoms with Crippen LogP contribution in [0.1, 0.15) is 26.6 Å². The maximum absolute atomic E-state index is 12.6. The Morgan fingerprint density at radius 3 is 2.79 bits per heavy atom. The van der Waals surface area contributed by atoms with Gasteiger partial charge in [-0.15, -0.1) is 11.3 Å². The molecule has 3 heterocycles. The number of hydrogen-bond acceptors (Lipinski definition) is 6. The summed E-state index contributed by atoms with van der Waals surface area (Å²) in [6.45, 7) is 4.02. The van der Waals surface area contributed by atoms with Crippen molar-refractivity contribution in [1.82, 2.24) is 15.0 Å². The average molecular weight is 470 g/mol. The van der Waals surface area contributed by atoms with Gasteiger partial charge in [-0.25, -0.2) is 5.43 Å². The number of aromatic nitrogens is 2. The van der Waals surface area contributed by atoms with Gasteiger partial charge in [0.2, 0.25) is 0 Å². The average Bonchev–Trinajstić information content (AvgIpc) is 3.38. The minimum atomic E-state index is -0.452. The third-order valence-corrected chi connectivity index (χ3v) is 6.73. The number of rotatable bonds is 5. The Balaban J connectivity index is 1.36. The van der Waals surface area contributed by atoms with Crippen LogP contribution in [0.5, 0.6) is 0 Å². The van der Waals surface area contributed by atoms with Gasteiger partial charge < -0.3 is 4.57 Å². The fourth-order valence-electron chi connectivity index (χ4n) is 3.99. The van der Waals surface area contributed by atoms with Crippen LogP contribution in [0.15, 0.2) is 72.0 Å². The number of nitro benzene ring substituents is 1. The molecular weight excluding hydrogens is 450 g/mol. The molecule has 3 aromatic heterocycles. The number of amides is 1. The van der Waals surface area contributed by atoms with Crippen molar-refractivity contribution in [2.75, 3.05) is 0 Å². The number of non-ortho nitro benzene ring substituents is 1. The smallest absolute Gasteiger partial charge is 0.281 e. The molecule has 0 bridgehead atoms. The van der Waals surface area contributed by atoms with Crippen molar-refractivity contribution in [3.8, 4) is 5.69 Å². The van der Waals surface area contributed by atoms with Crippen molar-refractivity contribution < 1.29 is 9.72 Å². The first-order chi connectivity index (χ1) is 16.4. The summed E-state index contributed by atoms with van der Waals surface area (Å²) in [5, 5.41) is 16.8. The Bertz CT molecular complexity index is 1620. The Hall–Kier alpha value is -4.37. The second-order valence-electron chi connectivity index (χ2n) is 7.83. The number of hydrogen-bond donors (Lipinski definition) is 1. The molecule has 0 aliphatic heterocycles. The van der Waals surface area contributed by atoms with Crippen LogP contribution in [-0.2, 0) is 0 Å². The fraction of sp³-hybridized carbons (Fsp3) is 0.0800. The molecule has 0 saturated carbocycles. The van der Waals surface area contributed by atoms with Crippen molar-refractivity contribution in [1.29, 1.82) is 0 Å². The zero-order valence-electron chi connectivity index (χ0n) is 18.4. The Morgan fingerprint density at radius 1 is 1.12 bits per heavy atom. The van der Waals surface area contributed by atoms with Crippen LogP contribution in [0.4, 0.5) is 5.69 Å². The van der Waals surface area contributed by atoms with Crippen LogP contribution in [-0.4, -0.2) is 26.6 Å². The minimum absolute atomic E-state index is 0.00619. The SMILES string of the molecule is Cc1cc(C=NNC(=O)c2cc3cc([N+](=O)[O-])ccc3s2)c(C)n1-c1ccc2ncccc2c1. The summed E-state index contributed by atoms with van der Waals surface area (Å²) >= 11 is 1.26. The van der Waals surface area contributed by atoms with Crippen LogP contribution in [0, 0.1) is 24.0 Å². The van der Waals surface area contributed by atoms with Crippen LogP contribution >= 0.6 is 11.3 Å².